The van der Waals surface area contributed by atoms with E-state index in [1.54, 1.807) is 12.1 Å². The highest BCUT2D eigenvalue weighted by molar-refractivity contribution is 5.52. The molecule has 3 rings (SSSR count). The molecular weight excluding hydrogens is 299 g/mol. The number of benzene rings is 2. The minimum Gasteiger partial charge on any atom is -0.454 e. The summed E-state index contributed by atoms with van der Waals surface area (Å²) in [5.74, 6) is 1.25. The van der Waals surface area contributed by atoms with Gasteiger partial charge in [-0.05, 0) is 53.0 Å². The lowest BCUT2D eigenvalue weighted by atomic mass is 10.0. The van der Waals surface area contributed by atoms with Gasteiger partial charge < -0.3 is 4.74 Å². The summed E-state index contributed by atoms with van der Waals surface area (Å²) in [4.78, 5) is 0. The zero-order valence-corrected chi connectivity index (χ0v) is 14.8. The molecule has 0 bridgehead atoms. The lowest BCUT2D eigenvalue weighted by Gasteiger charge is -2.07. The minimum absolute atomic E-state index is 0.260. The van der Waals surface area contributed by atoms with Crippen molar-refractivity contribution in [3.05, 3.63) is 66.0 Å². The Hall–Kier alpha value is -2.09. The third kappa shape index (κ3) is 3.10. The van der Waals surface area contributed by atoms with Gasteiger partial charge in [-0.15, -0.1) is 0 Å². The van der Waals surface area contributed by atoms with Crippen LogP contribution in [0.4, 0.5) is 4.39 Å². The van der Waals surface area contributed by atoms with Gasteiger partial charge in [0.1, 0.15) is 5.75 Å². The van der Waals surface area contributed by atoms with Gasteiger partial charge in [-0.1, -0.05) is 64.1 Å². The lowest BCUT2D eigenvalue weighted by molar-refractivity contribution is 0.442. The second-order valence-electron chi connectivity index (χ2n) is 7.74. The van der Waals surface area contributed by atoms with E-state index in [9.17, 15) is 4.39 Å². The molecule has 0 heterocycles. The average molecular weight is 324 g/mol. The Morgan fingerprint density at radius 2 is 1.67 bits per heavy atom. The van der Waals surface area contributed by atoms with E-state index < -0.39 is 0 Å². The number of hydrogen-bond acceptors (Lipinski definition) is 1. The van der Waals surface area contributed by atoms with Gasteiger partial charge in [0.25, 0.3) is 0 Å². The van der Waals surface area contributed by atoms with Gasteiger partial charge in [0.2, 0.25) is 0 Å². The molecule has 0 radical (unpaired) electrons. The molecule has 126 valence electrons. The zero-order valence-electron chi connectivity index (χ0n) is 14.8. The van der Waals surface area contributed by atoms with Crippen LogP contribution in [0, 0.1) is 22.6 Å². The van der Waals surface area contributed by atoms with Crippen molar-refractivity contribution < 1.29 is 9.13 Å². The monoisotopic (exact) mass is 324 g/mol. The number of hydrogen-bond donors (Lipinski definition) is 0. The molecule has 1 aliphatic rings. The summed E-state index contributed by atoms with van der Waals surface area (Å²) in [5, 5.41) is 0. The van der Waals surface area contributed by atoms with Crippen molar-refractivity contribution in [1.29, 1.82) is 0 Å². The van der Waals surface area contributed by atoms with E-state index in [0.29, 0.717) is 22.5 Å². The first kappa shape index (κ1) is 16.8. The van der Waals surface area contributed by atoms with Crippen molar-refractivity contribution in [2.24, 2.45) is 16.7 Å². The van der Waals surface area contributed by atoms with Crippen LogP contribution in [0.15, 0.2) is 54.6 Å². The Labute approximate surface area is 144 Å². The lowest BCUT2D eigenvalue weighted by Crippen LogP contribution is -1.95. The molecule has 0 N–H and O–H groups in total. The predicted octanol–water partition coefficient (Wildman–Crippen LogP) is 6.70. The van der Waals surface area contributed by atoms with E-state index in [0.717, 1.165) is 12.0 Å². The zero-order chi connectivity index (χ0) is 17.4. The maximum absolute atomic E-state index is 14.0. The van der Waals surface area contributed by atoms with Gasteiger partial charge in [-0.2, -0.15) is 0 Å². The average Bonchev–Trinajstić information content (AvgIpc) is 2.93. The molecule has 1 nitrogen and oxygen atoms in total. The maximum atomic E-state index is 14.0. The highest BCUT2D eigenvalue weighted by Crippen LogP contribution is 2.69. The minimum atomic E-state index is -0.347. The first-order valence-corrected chi connectivity index (χ1v) is 8.51. The molecule has 1 saturated carbocycles. The van der Waals surface area contributed by atoms with Crippen molar-refractivity contribution >= 4 is 6.08 Å². The Morgan fingerprint density at radius 1 is 1.00 bits per heavy atom. The Bertz CT molecular complexity index is 730. The maximum Gasteiger partial charge on any atom is 0.165 e. The van der Waals surface area contributed by atoms with E-state index >= 15 is 0 Å². The van der Waals surface area contributed by atoms with Crippen molar-refractivity contribution in [3.63, 3.8) is 0 Å². The standard InChI is InChI=1S/C22H25FO/c1-21(2)20(22(21,3)4)12-8-9-16-13-14-18(23)19(15-16)24-17-10-6-5-7-11-17/h5-11,13-15,20H,12H2,1-4H3. The fourth-order valence-corrected chi connectivity index (χ4v) is 3.58. The van der Waals surface area contributed by atoms with E-state index in [4.69, 9.17) is 4.74 Å². The summed E-state index contributed by atoms with van der Waals surface area (Å²) >= 11 is 0. The molecule has 2 heteroatoms. The van der Waals surface area contributed by atoms with Crippen LogP contribution < -0.4 is 4.74 Å². The van der Waals surface area contributed by atoms with Gasteiger partial charge in [0, 0.05) is 0 Å². The van der Waals surface area contributed by atoms with Crippen LogP contribution in [0.5, 0.6) is 11.5 Å². The van der Waals surface area contributed by atoms with Crippen LogP contribution >= 0.6 is 0 Å². The molecule has 1 aliphatic carbocycles. The summed E-state index contributed by atoms with van der Waals surface area (Å²) in [7, 11) is 0. The highest BCUT2D eigenvalue weighted by Gasteiger charge is 2.63. The molecule has 24 heavy (non-hydrogen) atoms. The second kappa shape index (κ2) is 6.08. The van der Waals surface area contributed by atoms with Gasteiger partial charge in [0.05, 0.1) is 0 Å². The molecule has 2 aromatic carbocycles. The SMILES string of the molecule is CC1(C)C(CC=Cc2ccc(F)c(Oc3ccccc3)c2)C1(C)C. The molecular formula is C22H25FO. The Morgan fingerprint density at radius 3 is 2.29 bits per heavy atom. The van der Waals surface area contributed by atoms with E-state index in [1.165, 1.54) is 6.07 Å². The van der Waals surface area contributed by atoms with E-state index in [-0.39, 0.29) is 11.6 Å². The first-order chi connectivity index (χ1) is 11.3. The second-order valence-corrected chi connectivity index (χ2v) is 7.74. The Balaban J connectivity index is 1.69. The molecule has 0 spiro atoms. The number of para-hydroxylation sites is 1. The number of allylic oxidation sites excluding steroid dienone is 1. The van der Waals surface area contributed by atoms with Crippen molar-refractivity contribution in [2.75, 3.05) is 0 Å². The molecule has 0 amide bonds. The molecule has 0 aliphatic heterocycles. The number of rotatable bonds is 5. The smallest absolute Gasteiger partial charge is 0.165 e. The summed E-state index contributed by atoms with van der Waals surface area (Å²) in [6, 6.07) is 14.3. The van der Waals surface area contributed by atoms with Gasteiger partial charge in [-0.25, -0.2) is 4.39 Å². The third-order valence-corrected chi connectivity index (χ3v) is 5.93. The van der Waals surface area contributed by atoms with Crippen LogP contribution in [0.1, 0.15) is 39.7 Å². The summed E-state index contributed by atoms with van der Waals surface area (Å²) < 4.78 is 19.6. The third-order valence-electron chi connectivity index (χ3n) is 5.93. The molecule has 0 unspecified atom stereocenters. The summed E-state index contributed by atoms with van der Waals surface area (Å²) in [6.07, 6.45) is 5.30. The van der Waals surface area contributed by atoms with E-state index in [2.05, 4.69) is 39.8 Å². The molecule has 1 fully saturated rings. The summed E-state index contributed by atoms with van der Waals surface area (Å²) in [5.41, 5.74) is 1.74. The molecule has 0 saturated heterocycles. The molecule has 0 aromatic heterocycles. The van der Waals surface area contributed by atoms with Crippen LogP contribution in [0.2, 0.25) is 0 Å². The fraction of sp³-hybridized carbons (Fsp3) is 0.364. The van der Waals surface area contributed by atoms with Gasteiger partial charge in [-0.3, -0.25) is 0 Å². The fourth-order valence-electron chi connectivity index (χ4n) is 3.58. The molecule has 0 atom stereocenters. The van der Waals surface area contributed by atoms with Crippen molar-refractivity contribution in [1.82, 2.24) is 0 Å². The largest absolute Gasteiger partial charge is 0.454 e. The Kier molecular flexibility index (Phi) is 4.25. The molecule has 2 aromatic rings. The quantitative estimate of drug-likeness (QED) is 0.594. The van der Waals surface area contributed by atoms with Gasteiger partial charge >= 0.3 is 0 Å². The van der Waals surface area contributed by atoms with Crippen LogP contribution in [0.3, 0.4) is 0 Å². The van der Waals surface area contributed by atoms with Crippen LogP contribution in [-0.2, 0) is 0 Å². The predicted molar refractivity (Wildman–Crippen MR) is 97.6 cm³/mol. The van der Waals surface area contributed by atoms with Crippen LogP contribution in [-0.4, -0.2) is 0 Å². The topological polar surface area (TPSA) is 9.23 Å². The highest BCUT2D eigenvalue weighted by atomic mass is 19.1. The number of ether oxygens (including phenoxy) is 1. The first-order valence-electron chi connectivity index (χ1n) is 8.51. The number of halogens is 1. The van der Waals surface area contributed by atoms with Crippen molar-refractivity contribution in [3.8, 4) is 11.5 Å². The van der Waals surface area contributed by atoms with Gasteiger partial charge in [0.15, 0.2) is 11.6 Å². The van der Waals surface area contributed by atoms with Crippen LogP contribution in [0.25, 0.3) is 6.08 Å². The normalized spacial score (nSPS) is 18.7. The summed E-state index contributed by atoms with van der Waals surface area (Å²) in [6.45, 7) is 9.31. The van der Waals surface area contributed by atoms with Crippen molar-refractivity contribution in [2.45, 2.75) is 34.1 Å². The van der Waals surface area contributed by atoms with E-state index in [1.807, 2.05) is 30.3 Å².